The Morgan fingerprint density at radius 2 is 2.56 bits per heavy atom. The van der Waals surface area contributed by atoms with Crippen LogP contribution >= 0.6 is 11.3 Å². The number of thiazole rings is 1. The first-order chi connectivity index (χ1) is 4.47. The fraction of sp³-hybridized carbons (Fsp3) is 0. The van der Waals surface area contributed by atoms with Crippen molar-refractivity contribution in [3.63, 3.8) is 0 Å². The van der Waals surface area contributed by atoms with Crippen molar-refractivity contribution in [3.05, 3.63) is 18.0 Å². The summed E-state index contributed by atoms with van der Waals surface area (Å²) in [7, 11) is 0. The van der Waals surface area contributed by atoms with Gasteiger partial charge in [0.25, 0.3) is 0 Å². The van der Waals surface area contributed by atoms with Crippen LogP contribution < -0.4 is 0 Å². The van der Waals surface area contributed by atoms with Gasteiger partial charge in [-0.3, -0.25) is 0 Å². The van der Waals surface area contributed by atoms with Gasteiger partial charge in [-0.15, -0.1) is 11.3 Å². The second-order valence-electron chi connectivity index (χ2n) is 1.51. The van der Waals surface area contributed by atoms with E-state index in [0.717, 1.165) is 10.3 Å². The van der Waals surface area contributed by atoms with Crippen LogP contribution in [-0.2, 0) is 0 Å². The van der Waals surface area contributed by atoms with E-state index >= 15 is 0 Å². The van der Waals surface area contributed by atoms with Gasteiger partial charge in [0.05, 0.1) is 11.7 Å². The molecule has 2 heterocycles. The summed E-state index contributed by atoms with van der Waals surface area (Å²) < 4.78 is 0. The molecule has 0 spiro atoms. The van der Waals surface area contributed by atoms with Gasteiger partial charge in [0.2, 0.25) is 0 Å². The monoisotopic (exact) mass is 136 g/mol. The maximum Gasteiger partial charge on any atom is 0.199 e. The van der Waals surface area contributed by atoms with E-state index in [9.17, 15) is 0 Å². The lowest BCUT2D eigenvalue weighted by molar-refractivity contribution is 1.20. The van der Waals surface area contributed by atoms with Crippen LogP contribution in [0.3, 0.4) is 0 Å². The molecule has 0 aromatic carbocycles. The topological polar surface area (TPSA) is 38.7 Å². The third kappa shape index (κ3) is 0.675. The van der Waals surface area contributed by atoms with Gasteiger partial charge >= 0.3 is 0 Å². The number of fused-ring (bicyclic) bond motifs is 1. The molecule has 1 radical (unpaired) electrons. The van der Waals surface area contributed by atoms with Gasteiger partial charge in [-0.05, 0) is 0 Å². The van der Waals surface area contributed by atoms with E-state index in [4.69, 9.17) is 0 Å². The average molecular weight is 136 g/mol. The Kier molecular flexibility index (Phi) is 0.927. The van der Waals surface area contributed by atoms with Crippen molar-refractivity contribution in [1.82, 2.24) is 15.0 Å². The Bertz CT molecular complexity index is 286. The molecule has 0 N–H and O–H groups in total. The summed E-state index contributed by atoms with van der Waals surface area (Å²) in [6.07, 6.45) is 4.14. The maximum atomic E-state index is 3.99. The standard InChI is InChI=1S/C5H2N3S/c1-4-5(7-2-6-1)9-3-8-4/h1,3H. The highest BCUT2D eigenvalue weighted by Gasteiger charge is 1.92. The first kappa shape index (κ1) is 4.81. The summed E-state index contributed by atoms with van der Waals surface area (Å²) in [5.41, 5.74) is 2.59. The number of aromatic nitrogens is 3. The van der Waals surface area contributed by atoms with Crippen LogP contribution in [0.4, 0.5) is 0 Å². The molecule has 0 aliphatic heterocycles. The number of nitrogens with zero attached hydrogens (tertiary/aromatic N) is 3. The third-order valence-electron chi connectivity index (χ3n) is 0.971. The van der Waals surface area contributed by atoms with Gasteiger partial charge < -0.3 is 0 Å². The van der Waals surface area contributed by atoms with Gasteiger partial charge in [-0.25, -0.2) is 15.0 Å². The molecule has 0 atom stereocenters. The number of rotatable bonds is 0. The minimum atomic E-state index is 0.846. The second-order valence-corrected chi connectivity index (χ2v) is 2.35. The van der Waals surface area contributed by atoms with Crippen LogP contribution in [-0.4, -0.2) is 15.0 Å². The van der Waals surface area contributed by atoms with Gasteiger partial charge in [0.1, 0.15) is 10.3 Å². The van der Waals surface area contributed by atoms with E-state index in [0.29, 0.717) is 0 Å². The van der Waals surface area contributed by atoms with Crippen molar-refractivity contribution in [2.24, 2.45) is 0 Å². The van der Waals surface area contributed by atoms with Crippen molar-refractivity contribution in [3.8, 4) is 0 Å². The molecule has 0 saturated heterocycles. The number of hydrogen-bond donors (Lipinski definition) is 0. The summed E-state index contributed by atoms with van der Waals surface area (Å²) in [6, 6.07) is 0. The van der Waals surface area contributed by atoms with Crippen LogP contribution in [0.5, 0.6) is 0 Å². The molecule has 0 aliphatic rings. The van der Waals surface area contributed by atoms with Crippen molar-refractivity contribution in [1.29, 1.82) is 0 Å². The summed E-state index contributed by atoms with van der Waals surface area (Å²) >= 11 is 1.49. The molecule has 2 aromatic heterocycles. The smallest absolute Gasteiger partial charge is 0.199 e. The lowest BCUT2D eigenvalue weighted by Crippen LogP contribution is -1.75. The molecule has 4 heteroatoms. The lowest BCUT2D eigenvalue weighted by Gasteiger charge is -1.78. The molecule has 2 rings (SSSR count). The molecular formula is C5H2N3S. The van der Waals surface area contributed by atoms with Gasteiger partial charge in [-0.1, -0.05) is 0 Å². The Balaban J connectivity index is 2.95. The third-order valence-corrected chi connectivity index (χ3v) is 1.71. The fourth-order valence-corrected chi connectivity index (χ4v) is 1.17. The zero-order valence-corrected chi connectivity index (χ0v) is 5.22. The zero-order valence-electron chi connectivity index (χ0n) is 4.40. The summed E-state index contributed by atoms with van der Waals surface area (Å²) in [5, 5.41) is 0. The predicted octanol–water partition coefficient (Wildman–Crippen LogP) is 0.886. The predicted molar refractivity (Wildman–Crippen MR) is 34.0 cm³/mol. The normalized spacial score (nSPS) is 10.2. The molecular weight excluding hydrogens is 134 g/mol. The first-order valence-corrected chi connectivity index (χ1v) is 3.27. The molecule has 3 nitrogen and oxygen atoms in total. The summed E-state index contributed by atoms with van der Waals surface area (Å²) in [5.74, 6) is 0. The zero-order chi connectivity index (χ0) is 6.10. The summed E-state index contributed by atoms with van der Waals surface area (Å²) in [4.78, 5) is 12.4. The van der Waals surface area contributed by atoms with E-state index < -0.39 is 0 Å². The van der Waals surface area contributed by atoms with Crippen LogP contribution in [0.2, 0.25) is 0 Å². The summed E-state index contributed by atoms with van der Waals surface area (Å²) in [6.45, 7) is 0. The number of hydrogen-bond acceptors (Lipinski definition) is 4. The molecule has 2 aromatic rings. The van der Waals surface area contributed by atoms with Crippen LogP contribution in [0, 0.1) is 6.33 Å². The SMILES string of the molecule is [c]1ncc2ncsc2n1. The van der Waals surface area contributed by atoms with Crippen molar-refractivity contribution in [2.45, 2.75) is 0 Å². The Morgan fingerprint density at radius 1 is 1.56 bits per heavy atom. The lowest BCUT2D eigenvalue weighted by atomic mass is 10.6. The van der Waals surface area contributed by atoms with Crippen molar-refractivity contribution < 1.29 is 0 Å². The van der Waals surface area contributed by atoms with Crippen molar-refractivity contribution >= 4 is 21.7 Å². The van der Waals surface area contributed by atoms with Crippen molar-refractivity contribution in [2.75, 3.05) is 0 Å². The highest BCUT2D eigenvalue weighted by Crippen LogP contribution is 2.10. The highest BCUT2D eigenvalue weighted by atomic mass is 32.1. The quantitative estimate of drug-likeness (QED) is 0.539. The molecule has 0 saturated carbocycles. The average Bonchev–Trinajstić information content (AvgIpc) is 2.33. The van der Waals surface area contributed by atoms with Crippen LogP contribution in [0.25, 0.3) is 10.3 Å². The molecule has 43 valence electrons. The Hall–Kier alpha value is -1.03. The first-order valence-electron chi connectivity index (χ1n) is 2.39. The second kappa shape index (κ2) is 1.73. The molecule has 0 amide bonds. The van der Waals surface area contributed by atoms with Crippen LogP contribution in [0.1, 0.15) is 0 Å². The van der Waals surface area contributed by atoms with E-state index in [1.54, 1.807) is 11.7 Å². The van der Waals surface area contributed by atoms with Crippen LogP contribution in [0.15, 0.2) is 11.7 Å². The Morgan fingerprint density at radius 3 is 3.44 bits per heavy atom. The molecule has 0 bridgehead atoms. The van der Waals surface area contributed by atoms with E-state index in [2.05, 4.69) is 21.3 Å². The van der Waals surface area contributed by atoms with E-state index in [-0.39, 0.29) is 0 Å². The van der Waals surface area contributed by atoms with Gasteiger partial charge in [0.15, 0.2) is 6.33 Å². The molecule has 0 aliphatic carbocycles. The van der Waals surface area contributed by atoms with Gasteiger partial charge in [0, 0.05) is 0 Å². The molecule has 9 heavy (non-hydrogen) atoms. The maximum absolute atomic E-state index is 3.99. The minimum absolute atomic E-state index is 0.846. The highest BCUT2D eigenvalue weighted by molar-refractivity contribution is 7.16. The molecule has 0 unspecified atom stereocenters. The van der Waals surface area contributed by atoms with E-state index in [1.165, 1.54) is 11.3 Å². The van der Waals surface area contributed by atoms with Gasteiger partial charge in [-0.2, -0.15) is 0 Å². The molecule has 0 fully saturated rings. The fourth-order valence-electron chi connectivity index (χ4n) is 0.585. The van der Waals surface area contributed by atoms with E-state index in [1.807, 2.05) is 0 Å². The largest absolute Gasteiger partial charge is 0.241 e. The minimum Gasteiger partial charge on any atom is -0.241 e. The Labute approximate surface area is 55.4 Å².